The van der Waals surface area contributed by atoms with Crippen LogP contribution in [0.15, 0.2) is 0 Å². The molecule has 84 valence electrons. The van der Waals surface area contributed by atoms with E-state index < -0.39 is 0 Å². The van der Waals surface area contributed by atoms with E-state index in [0.29, 0.717) is 12.1 Å². The molecule has 1 saturated heterocycles. The highest BCUT2D eigenvalue weighted by molar-refractivity contribution is 7.80. The Hall–Kier alpha value is 0.270. The summed E-state index contributed by atoms with van der Waals surface area (Å²) < 4.78 is 0. The molecule has 2 atom stereocenters. The summed E-state index contributed by atoms with van der Waals surface area (Å²) in [6, 6.07) is 1.41. The molecule has 1 aliphatic rings. The van der Waals surface area contributed by atoms with Crippen LogP contribution in [0.4, 0.5) is 0 Å². The van der Waals surface area contributed by atoms with Gasteiger partial charge in [0, 0.05) is 25.2 Å². The lowest BCUT2D eigenvalue weighted by Gasteiger charge is -2.42. The maximum atomic E-state index is 4.24. The number of unbranched alkanes of at least 4 members (excludes halogenated alkanes) is 1. The molecule has 0 aromatic carbocycles. The van der Waals surface area contributed by atoms with Gasteiger partial charge in [-0.2, -0.15) is 12.6 Å². The number of hydrogen-bond donors (Lipinski definition) is 1. The highest BCUT2D eigenvalue weighted by atomic mass is 32.1. The van der Waals surface area contributed by atoms with Crippen molar-refractivity contribution in [3.8, 4) is 0 Å². The van der Waals surface area contributed by atoms with Crippen LogP contribution >= 0.6 is 12.6 Å². The van der Waals surface area contributed by atoms with E-state index >= 15 is 0 Å². The van der Waals surface area contributed by atoms with Crippen LogP contribution in [-0.4, -0.2) is 54.3 Å². The second-order valence-electron chi connectivity index (χ2n) is 4.55. The minimum Gasteiger partial charge on any atom is -0.300 e. The molecule has 1 rings (SSSR count). The molecule has 0 spiro atoms. The van der Waals surface area contributed by atoms with Crippen molar-refractivity contribution in [1.29, 1.82) is 0 Å². The van der Waals surface area contributed by atoms with Gasteiger partial charge in [0.05, 0.1) is 0 Å². The third-order valence-electron chi connectivity index (χ3n) is 3.32. The highest BCUT2D eigenvalue weighted by Crippen LogP contribution is 2.13. The van der Waals surface area contributed by atoms with Gasteiger partial charge in [-0.05, 0) is 46.0 Å². The Morgan fingerprint density at radius 1 is 1.14 bits per heavy atom. The van der Waals surface area contributed by atoms with Crippen LogP contribution in [-0.2, 0) is 0 Å². The number of piperazine rings is 1. The van der Waals surface area contributed by atoms with Gasteiger partial charge < -0.3 is 4.90 Å². The first-order chi connectivity index (χ1) is 6.65. The van der Waals surface area contributed by atoms with E-state index in [4.69, 9.17) is 0 Å². The lowest BCUT2D eigenvalue weighted by molar-refractivity contribution is 0.0594. The Balaban J connectivity index is 2.27. The molecule has 0 aliphatic carbocycles. The Labute approximate surface area is 94.1 Å². The molecule has 3 heteroatoms. The fourth-order valence-electron chi connectivity index (χ4n) is 2.14. The first-order valence-corrected chi connectivity index (χ1v) is 6.33. The molecule has 0 radical (unpaired) electrons. The summed E-state index contributed by atoms with van der Waals surface area (Å²) in [4.78, 5) is 5.08. The third kappa shape index (κ3) is 3.44. The van der Waals surface area contributed by atoms with Crippen molar-refractivity contribution in [3.05, 3.63) is 0 Å². The number of hydrogen-bond acceptors (Lipinski definition) is 3. The predicted molar refractivity (Wildman–Crippen MR) is 66.2 cm³/mol. The summed E-state index contributed by atoms with van der Waals surface area (Å²) in [6.45, 7) is 8.35. The Bertz CT molecular complexity index is 151. The van der Waals surface area contributed by atoms with Crippen molar-refractivity contribution in [2.24, 2.45) is 0 Å². The summed E-state index contributed by atoms with van der Waals surface area (Å²) in [6.07, 6.45) is 2.55. The van der Waals surface area contributed by atoms with E-state index in [1.54, 1.807) is 0 Å². The van der Waals surface area contributed by atoms with E-state index in [1.807, 2.05) is 0 Å². The molecule has 0 saturated carbocycles. The average Bonchev–Trinajstić information content (AvgIpc) is 2.14. The molecule has 0 aromatic rings. The molecule has 0 bridgehead atoms. The van der Waals surface area contributed by atoms with Gasteiger partial charge in [0.25, 0.3) is 0 Å². The number of thiol groups is 1. The van der Waals surface area contributed by atoms with Crippen LogP contribution in [0.3, 0.4) is 0 Å². The van der Waals surface area contributed by atoms with Gasteiger partial charge >= 0.3 is 0 Å². The van der Waals surface area contributed by atoms with Crippen molar-refractivity contribution in [2.45, 2.75) is 38.8 Å². The third-order valence-corrected chi connectivity index (χ3v) is 3.63. The van der Waals surface area contributed by atoms with Gasteiger partial charge in [-0.15, -0.1) is 0 Å². The number of likely N-dealkylation sites (N-methyl/N-ethyl adjacent to an activating group) is 1. The molecular weight excluding hydrogens is 192 g/mol. The van der Waals surface area contributed by atoms with Crippen molar-refractivity contribution in [3.63, 3.8) is 0 Å². The zero-order chi connectivity index (χ0) is 10.6. The van der Waals surface area contributed by atoms with Gasteiger partial charge in [0.1, 0.15) is 0 Å². The van der Waals surface area contributed by atoms with Crippen LogP contribution in [0.5, 0.6) is 0 Å². The normalized spacial score (nSPS) is 30.9. The summed E-state index contributed by atoms with van der Waals surface area (Å²) in [5, 5.41) is 0. The van der Waals surface area contributed by atoms with Gasteiger partial charge in [0.2, 0.25) is 0 Å². The van der Waals surface area contributed by atoms with Crippen LogP contribution in [0.1, 0.15) is 26.7 Å². The monoisotopic (exact) mass is 216 g/mol. The first-order valence-electron chi connectivity index (χ1n) is 5.70. The van der Waals surface area contributed by atoms with E-state index in [2.05, 4.69) is 43.3 Å². The van der Waals surface area contributed by atoms with Crippen LogP contribution in [0.25, 0.3) is 0 Å². The van der Waals surface area contributed by atoms with Gasteiger partial charge in [0.15, 0.2) is 0 Å². The van der Waals surface area contributed by atoms with Crippen molar-refractivity contribution in [2.75, 3.05) is 32.4 Å². The molecule has 1 fully saturated rings. The summed E-state index contributed by atoms with van der Waals surface area (Å²) in [5.74, 6) is 1.03. The summed E-state index contributed by atoms with van der Waals surface area (Å²) in [5.41, 5.74) is 0. The molecule has 14 heavy (non-hydrogen) atoms. The van der Waals surface area contributed by atoms with Gasteiger partial charge in [-0.1, -0.05) is 0 Å². The molecule has 0 amide bonds. The van der Waals surface area contributed by atoms with Gasteiger partial charge in [-0.25, -0.2) is 0 Å². The highest BCUT2D eigenvalue weighted by Gasteiger charge is 2.25. The topological polar surface area (TPSA) is 6.48 Å². The van der Waals surface area contributed by atoms with E-state index in [1.165, 1.54) is 32.5 Å². The molecule has 2 unspecified atom stereocenters. The molecule has 2 nitrogen and oxygen atoms in total. The Morgan fingerprint density at radius 3 is 2.21 bits per heavy atom. The quantitative estimate of drug-likeness (QED) is 0.565. The molecular formula is C11H24N2S. The predicted octanol–water partition coefficient (Wildman–Crippen LogP) is 1.72. The van der Waals surface area contributed by atoms with Crippen molar-refractivity contribution in [1.82, 2.24) is 9.80 Å². The molecule has 0 N–H and O–H groups in total. The summed E-state index contributed by atoms with van der Waals surface area (Å²) in [7, 11) is 2.24. The maximum Gasteiger partial charge on any atom is 0.0195 e. The first kappa shape index (κ1) is 12.3. The maximum absolute atomic E-state index is 4.24. The zero-order valence-electron chi connectivity index (χ0n) is 9.74. The number of rotatable bonds is 4. The molecule has 0 aromatic heterocycles. The van der Waals surface area contributed by atoms with Gasteiger partial charge in [-0.3, -0.25) is 4.90 Å². The Kier molecular flexibility index (Phi) is 5.28. The lowest BCUT2D eigenvalue weighted by atomic mass is 10.1. The Morgan fingerprint density at radius 2 is 1.71 bits per heavy atom. The molecule has 1 aliphatic heterocycles. The van der Waals surface area contributed by atoms with E-state index in [9.17, 15) is 0 Å². The minimum absolute atomic E-state index is 0.703. The van der Waals surface area contributed by atoms with Crippen LogP contribution in [0, 0.1) is 0 Å². The zero-order valence-corrected chi connectivity index (χ0v) is 10.6. The fraction of sp³-hybridized carbons (Fsp3) is 1.00. The van der Waals surface area contributed by atoms with Crippen LogP contribution in [0.2, 0.25) is 0 Å². The average molecular weight is 216 g/mol. The SMILES string of the molecule is CC1CN(CCCCS)CC(C)N1C. The lowest BCUT2D eigenvalue weighted by Crippen LogP contribution is -2.54. The van der Waals surface area contributed by atoms with Crippen LogP contribution < -0.4 is 0 Å². The second kappa shape index (κ2) is 5.99. The second-order valence-corrected chi connectivity index (χ2v) is 5.00. The number of nitrogens with zero attached hydrogens (tertiary/aromatic N) is 2. The fourth-order valence-corrected chi connectivity index (χ4v) is 2.37. The largest absolute Gasteiger partial charge is 0.300 e. The smallest absolute Gasteiger partial charge is 0.0195 e. The van der Waals surface area contributed by atoms with Crippen molar-refractivity contribution >= 4 is 12.6 Å². The van der Waals surface area contributed by atoms with E-state index in [0.717, 1.165) is 5.75 Å². The standard InChI is InChI=1S/C11H24N2S/c1-10-8-13(6-4-5-7-14)9-11(2)12(10)3/h10-11,14H,4-9H2,1-3H3. The minimum atomic E-state index is 0.703. The van der Waals surface area contributed by atoms with Crippen molar-refractivity contribution < 1.29 is 0 Å². The van der Waals surface area contributed by atoms with E-state index in [-0.39, 0.29) is 0 Å². The molecule has 1 heterocycles. The summed E-state index contributed by atoms with van der Waals surface area (Å²) >= 11 is 4.24.